The molecule has 0 aromatic carbocycles. The van der Waals surface area contributed by atoms with Gasteiger partial charge in [0.1, 0.15) is 18.8 Å². The minimum Gasteiger partial charge on any atom is -0.480 e. The summed E-state index contributed by atoms with van der Waals surface area (Å²) in [6, 6.07) is -0.827. The fourth-order valence-corrected chi connectivity index (χ4v) is 4.86. The van der Waals surface area contributed by atoms with Crippen molar-refractivity contribution in [2.45, 2.75) is 30.8 Å². The van der Waals surface area contributed by atoms with Crippen molar-refractivity contribution in [3.8, 4) is 0 Å². The Bertz CT molecular complexity index is 778. The number of fused-ring (bicyclic) bond motifs is 1. The highest BCUT2D eigenvalue weighted by molar-refractivity contribution is 8.02. The van der Waals surface area contributed by atoms with Crippen LogP contribution in [0.4, 0.5) is 5.13 Å². The summed E-state index contributed by atoms with van der Waals surface area (Å²) in [5, 5.41) is 19.9. The molecule has 0 saturated carbocycles. The van der Waals surface area contributed by atoms with Gasteiger partial charge < -0.3 is 21.0 Å². The van der Waals surface area contributed by atoms with Crippen LogP contribution >= 0.6 is 23.1 Å². The lowest BCUT2D eigenvalue weighted by Gasteiger charge is -2.52. The maximum Gasteiger partial charge on any atom is 0.325 e. The third-order valence-corrected chi connectivity index (χ3v) is 6.23. The van der Waals surface area contributed by atoms with Crippen LogP contribution in [-0.2, 0) is 14.4 Å². The van der Waals surface area contributed by atoms with E-state index in [1.165, 1.54) is 30.2 Å². The Kier molecular flexibility index (Phi) is 5.49. The number of hydrogen-bond acceptors (Lipinski definition) is 9. The average Bonchev–Trinajstić information content (AvgIpc) is 3.02. The largest absolute Gasteiger partial charge is 0.480 e. The van der Waals surface area contributed by atoms with Crippen molar-refractivity contribution in [3.05, 3.63) is 22.1 Å². The van der Waals surface area contributed by atoms with E-state index in [0.29, 0.717) is 23.8 Å². The molecule has 0 bridgehead atoms. The number of oxime groups is 1. The van der Waals surface area contributed by atoms with Gasteiger partial charge in [-0.05, 0) is 17.4 Å². The third kappa shape index (κ3) is 3.41. The van der Waals surface area contributed by atoms with E-state index in [1.54, 1.807) is 5.38 Å². The SMILES string of the molecule is CCC1=CS[C@@H]2[C@H](NC(=O)/C(=N/OC)c3csc(N)n3)CN2C1C(=O)O. The van der Waals surface area contributed by atoms with E-state index >= 15 is 0 Å². The van der Waals surface area contributed by atoms with E-state index in [9.17, 15) is 14.7 Å². The molecular weight excluding hydrogens is 378 g/mol. The zero-order valence-electron chi connectivity index (χ0n) is 14.2. The van der Waals surface area contributed by atoms with Gasteiger partial charge in [-0.2, -0.15) is 0 Å². The van der Waals surface area contributed by atoms with Gasteiger partial charge in [0.15, 0.2) is 10.8 Å². The quantitative estimate of drug-likeness (QED) is 0.472. The molecular formula is C15H19N5O4S2. The van der Waals surface area contributed by atoms with Crippen molar-refractivity contribution in [1.29, 1.82) is 0 Å². The standard InChI is InChI=1S/C15H19N5O4S2/c1-3-7-5-25-13-8(4-20(13)11(7)14(22)23)17-12(21)10(19-24-2)9-6-26-15(16)18-9/h5-6,8,11,13H,3-4H2,1-2H3,(H2,16,18)(H,17,21)(H,22,23)/b19-10+/t8-,11?,13-/m1/s1. The number of hydrogen-bond donors (Lipinski definition) is 3. The maximum atomic E-state index is 12.6. The molecule has 0 radical (unpaired) electrons. The highest BCUT2D eigenvalue weighted by Crippen LogP contribution is 2.39. The number of thioether (sulfide) groups is 1. The normalized spacial score (nSPS) is 25.7. The molecule has 0 aliphatic carbocycles. The molecule has 3 rings (SSSR count). The predicted octanol–water partition coefficient (Wildman–Crippen LogP) is 0.696. The van der Waals surface area contributed by atoms with Crippen LogP contribution in [0.2, 0.25) is 0 Å². The Morgan fingerprint density at radius 3 is 2.92 bits per heavy atom. The fourth-order valence-electron chi connectivity index (χ4n) is 3.00. The van der Waals surface area contributed by atoms with Gasteiger partial charge in [-0.15, -0.1) is 23.1 Å². The van der Waals surface area contributed by atoms with Crippen molar-refractivity contribution in [3.63, 3.8) is 0 Å². The first-order chi connectivity index (χ1) is 12.5. The molecule has 1 aromatic rings. The van der Waals surface area contributed by atoms with Crippen LogP contribution < -0.4 is 11.1 Å². The Balaban J connectivity index is 1.71. The lowest BCUT2D eigenvalue weighted by molar-refractivity contribution is -0.144. The number of aromatic nitrogens is 1. The van der Waals surface area contributed by atoms with Gasteiger partial charge in [0.05, 0.1) is 11.4 Å². The lowest BCUT2D eigenvalue weighted by atomic mass is 9.97. The monoisotopic (exact) mass is 397 g/mol. The van der Waals surface area contributed by atoms with Gasteiger partial charge in [-0.25, -0.2) is 4.98 Å². The maximum absolute atomic E-state index is 12.6. The number of carbonyl (C=O) groups is 2. The second kappa shape index (κ2) is 7.64. The number of carboxylic acids is 1. The molecule has 1 aromatic heterocycles. The molecule has 2 aliphatic heterocycles. The van der Waals surface area contributed by atoms with Crippen LogP contribution in [0.3, 0.4) is 0 Å². The zero-order valence-corrected chi connectivity index (χ0v) is 15.8. The number of amides is 1. The van der Waals surface area contributed by atoms with E-state index in [2.05, 4.69) is 15.5 Å². The summed E-state index contributed by atoms with van der Waals surface area (Å²) >= 11 is 2.73. The number of anilines is 1. The molecule has 140 valence electrons. The minimum absolute atomic E-state index is 0.0410. The molecule has 3 heterocycles. The van der Waals surface area contributed by atoms with Crippen LogP contribution in [0.25, 0.3) is 0 Å². The number of thiazole rings is 1. The summed E-state index contributed by atoms with van der Waals surface area (Å²) in [5.41, 5.74) is 6.88. The Hall–Kier alpha value is -2.11. The van der Waals surface area contributed by atoms with Crippen LogP contribution in [0.5, 0.6) is 0 Å². The van der Waals surface area contributed by atoms with Crippen LogP contribution in [0, 0.1) is 0 Å². The first-order valence-corrected chi connectivity index (χ1v) is 9.74. The third-order valence-electron chi connectivity index (χ3n) is 4.24. The number of nitrogens with one attached hydrogen (secondary N) is 1. The topological polar surface area (TPSA) is 130 Å². The predicted molar refractivity (Wildman–Crippen MR) is 99.9 cm³/mol. The molecule has 0 spiro atoms. The van der Waals surface area contributed by atoms with Gasteiger partial charge in [-0.1, -0.05) is 12.1 Å². The van der Waals surface area contributed by atoms with Gasteiger partial charge in [0.2, 0.25) is 0 Å². The van der Waals surface area contributed by atoms with Crippen molar-refractivity contribution in [2.24, 2.45) is 5.16 Å². The van der Waals surface area contributed by atoms with Crippen molar-refractivity contribution < 1.29 is 19.5 Å². The number of rotatable bonds is 6. The molecule has 9 nitrogen and oxygen atoms in total. The number of carboxylic acid groups (broad SMARTS) is 1. The van der Waals surface area contributed by atoms with Crippen molar-refractivity contribution in [2.75, 3.05) is 19.4 Å². The first-order valence-electron chi connectivity index (χ1n) is 7.92. The van der Waals surface area contributed by atoms with Gasteiger partial charge in [0, 0.05) is 11.9 Å². The summed E-state index contributed by atoms with van der Waals surface area (Å²) in [6.45, 7) is 2.39. The molecule has 1 unspecified atom stereocenters. The highest BCUT2D eigenvalue weighted by atomic mass is 32.2. The van der Waals surface area contributed by atoms with Crippen LogP contribution in [-0.4, -0.2) is 63.7 Å². The Labute approximate surface area is 158 Å². The Morgan fingerprint density at radius 2 is 2.35 bits per heavy atom. The summed E-state index contributed by atoms with van der Waals surface area (Å²) in [5.74, 6) is -1.30. The number of nitrogen functional groups attached to an aromatic ring is 1. The van der Waals surface area contributed by atoms with E-state index in [4.69, 9.17) is 10.6 Å². The number of nitrogens with two attached hydrogens (primary N) is 1. The molecule has 3 atom stereocenters. The molecule has 1 amide bonds. The smallest absolute Gasteiger partial charge is 0.325 e. The van der Waals surface area contributed by atoms with E-state index in [-0.39, 0.29) is 17.1 Å². The second-order valence-corrected chi connectivity index (χ2v) is 7.66. The summed E-state index contributed by atoms with van der Waals surface area (Å²) in [4.78, 5) is 34.9. The van der Waals surface area contributed by atoms with E-state index < -0.39 is 17.9 Å². The van der Waals surface area contributed by atoms with Crippen LogP contribution in [0.15, 0.2) is 21.5 Å². The summed E-state index contributed by atoms with van der Waals surface area (Å²) in [7, 11) is 1.35. The van der Waals surface area contributed by atoms with Crippen molar-refractivity contribution in [1.82, 2.24) is 15.2 Å². The second-order valence-electron chi connectivity index (χ2n) is 5.78. The molecule has 1 fully saturated rings. The summed E-state index contributed by atoms with van der Waals surface area (Å²) in [6.07, 6.45) is 0.681. The van der Waals surface area contributed by atoms with Gasteiger partial charge in [0.25, 0.3) is 5.91 Å². The highest BCUT2D eigenvalue weighted by Gasteiger charge is 2.49. The van der Waals surface area contributed by atoms with Crippen LogP contribution in [0.1, 0.15) is 19.0 Å². The van der Waals surface area contributed by atoms with Gasteiger partial charge >= 0.3 is 5.97 Å². The molecule has 2 aliphatic rings. The molecule has 11 heteroatoms. The molecule has 26 heavy (non-hydrogen) atoms. The lowest BCUT2D eigenvalue weighted by Crippen LogP contribution is -2.70. The van der Waals surface area contributed by atoms with Gasteiger partial charge in [-0.3, -0.25) is 14.5 Å². The Morgan fingerprint density at radius 1 is 1.58 bits per heavy atom. The summed E-state index contributed by atoms with van der Waals surface area (Å²) < 4.78 is 0. The fraction of sp³-hybridized carbons (Fsp3) is 0.467. The minimum atomic E-state index is -0.868. The van der Waals surface area contributed by atoms with Crippen molar-refractivity contribution >= 4 is 45.8 Å². The first kappa shape index (κ1) is 18.7. The number of nitrogens with zero attached hydrogens (tertiary/aromatic N) is 3. The van der Waals surface area contributed by atoms with E-state index in [0.717, 1.165) is 5.57 Å². The average molecular weight is 397 g/mol. The van der Waals surface area contributed by atoms with E-state index in [1.807, 2.05) is 17.2 Å². The molecule has 1 saturated heterocycles. The number of aliphatic carboxylic acids is 1. The zero-order chi connectivity index (χ0) is 18.8. The molecule has 4 N–H and O–H groups in total. The number of carbonyl (C=O) groups excluding carboxylic acids is 1.